The molecule has 1 heterocycles. The molecule has 1 amide bonds. The highest BCUT2D eigenvalue weighted by Crippen LogP contribution is 2.18. The number of nitrogens with one attached hydrogen (secondary N) is 1. The maximum absolute atomic E-state index is 12.0. The Balaban J connectivity index is 1.71. The number of rotatable bonds is 8. The Morgan fingerprint density at radius 2 is 1.96 bits per heavy atom. The molecule has 132 valence electrons. The van der Waals surface area contributed by atoms with Crippen LogP contribution < -0.4 is 5.32 Å². The molecular formula is C19H27NO4. The molecule has 1 fully saturated rings. The molecule has 0 spiro atoms. The van der Waals surface area contributed by atoms with Gasteiger partial charge in [-0.3, -0.25) is 0 Å². The maximum atomic E-state index is 12.0. The van der Waals surface area contributed by atoms with Crippen molar-refractivity contribution in [2.24, 2.45) is 5.92 Å². The summed E-state index contributed by atoms with van der Waals surface area (Å²) >= 11 is 0. The van der Waals surface area contributed by atoms with Crippen molar-refractivity contribution in [1.82, 2.24) is 5.32 Å². The molecule has 0 aromatic heterocycles. The van der Waals surface area contributed by atoms with E-state index in [0.717, 1.165) is 25.7 Å². The second-order valence-corrected chi connectivity index (χ2v) is 6.68. The largest absolute Gasteiger partial charge is 0.458 e. The zero-order valence-corrected chi connectivity index (χ0v) is 14.7. The van der Waals surface area contributed by atoms with Crippen molar-refractivity contribution in [1.29, 1.82) is 0 Å². The fourth-order valence-electron chi connectivity index (χ4n) is 2.77. The predicted octanol–water partition coefficient (Wildman–Crippen LogP) is 3.46. The van der Waals surface area contributed by atoms with Crippen LogP contribution >= 0.6 is 0 Å². The lowest BCUT2D eigenvalue weighted by Crippen LogP contribution is -2.59. The summed E-state index contributed by atoms with van der Waals surface area (Å²) < 4.78 is 10.3. The van der Waals surface area contributed by atoms with Crippen LogP contribution in [0.4, 0.5) is 4.79 Å². The molecule has 1 saturated heterocycles. The van der Waals surface area contributed by atoms with Crippen LogP contribution in [-0.4, -0.2) is 30.3 Å². The Labute approximate surface area is 143 Å². The molecule has 0 aliphatic carbocycles. The first-order valence-electron chi connectivity index (χ1n) is 8.69. The molecule has 24 heavy (non-hydrogen) atoms. The molecule has 1 aromatic carbocycles. The van der Waals surface area contributed by atoms with Gasteiger partial charge in [0, 0.05) is 0 Å². The van der Waals surface area contributed by atoms with Gasteiger partial charge in [0.25, 0.3) is 0 Å². The number of esters is 1. The minimum absolute atomic E-state index is 0.146. The fourth-order valence-corrected chi connectivity index (χ4v) is 2.77. The normalized spacial score (nSPS) is 20.9. The molecule has 3 unspecified atom stereocenters. The predicted molar refractivity (Wildman–Crippen MR) is 91.6 cm³/mol. The van der Waals surface area contributed by atoms with Gasteiger partial charge in [-0.2, -0.15) is 0 Å². The highest BCUT2D eigenvalue weighted by molar-refractivity contribution is 5.86. The van der Waals surface area contributed by atoms with Gasteiger partial charge in [0.15, 0.2) is 6.04 Å². The first kappa shape index (κ1) is 18.3. The Kier molecular flexibility index (Phi) is 6.64. The van der Waals surface area contributed by atoms with E-state index >= 15 is 0 Å². The van der Waals surface area contributed by atoms with E-state index in [-0.39, 0.29) is 18.1 Å². The quantitative estimate of drug-likeness (QED) is 0.584. The first-order valence-corrected chi connectivity index (χ1v) is 8.69. The third-order valence-corrected chi connectivity index (χ3v) is 4.35. The first-order chi connectivity index (χ1) is 11.5. The number of amides is 1. The molecule has 1 N–H and O–H groups in total. The van der Waals surface area contributed by atoms with E-state index < -0.39 is 18.1 Å². The van der Waals surface area contributed by atoms with Gasteiger partial charge < -0.3 is 14.8 Å². The van der Waals surface area contributed by atoms with Gasteiger partial charge in [0.05, 0.1) is 0 Å². The maximum Gasteiger partial charge on any atom is 0.408 e. The molecule has 5 heteroatoms. The highest BCUT2D eigenvalue weighted by atomic mass is 16.6. The minimum Gasteiger partial charge on any atom is -0.458 e. The molecule has 1 aliphatic heterocycles. The summed E-state index contributed by atoms with van der Waals surface area (Å²) in [5.41, 5.74) is 1.33. The van der Waals surface area contributed by atoms with E-state index in [9.17, 15) is 9.59 Å². The molecular weight excluding hydrogens is 306 g/mol. The van der Waals surface area contributed by atoms with Crippen molar-refractivity contribution in [2.75, 3.05) is 0 Å². The van der Waals surface area contributed by atoms with Crippen molar-refractivity contribution < 1.29 is 19.1 Å². The summed E-state index contributed by atoms with van der Waals surface area (Å²) in [6.45, 7) is 5.82. The standard InChI is InChI=1S/C19H27NO4/c1-13(2)16(12-8-7-11-15-9-5-4-6-10-15)24-19(22)20-17-14(3)23-18(17)21/h4-6,9-10,13-14,16-17H,7-8,11-12H2,1-3H3,(H,20,22). The number of alkyl carbamates (subject to hydrolysis) is 1. The van der Waals surface area contributed by atoms with Crippen molar-refractivity contribution in [3.63, 3.8) is 0 Å². The van der Waals surface area contributed by atoms with Crippen LogP contribution in [0.2, 0.25) is 0 Å². The van der Waals surface area contributed by atoms with E-state index in [1.54, 1.807) is 6.92 Å². The topological polar surface area (TPSA) is 64.6 Å². The minimum atomic E-state index is -0.580. The molecule has 2 rings (SSSR count). The van der Waals surface area contributed by atoms with Crippen LogP contribution in [0.25, 0.3) is 0 Å². The lowest BCUT2D eigenvalue weighted by Gasteiger charge is -2.33. The molecule has 1 aromatic rings. The molecule has 0 saturated carbocycles. The molecule has 1 aliphatic rings. The smallest absolute Gasteiger partial charge is 0.408 e. The zero-order valence-electron chi connectivity index (χ0n) is 14.7. The number of cyclic esters (lactones) is 1. The summed E-state index contributed by atoms with van der Waals surface area (Å²) in [7, 11) is 0. The number of unbranched alkanes of at least 4 members (excludes halogenated alkanes) is 1. The van der Waals surface area contributed by atoms with Crippen molar-refractivity contribution in [2.45, 2.75) is 64.7 Å². The lowest BCUT2D eigenvalue weighted by molar-refractivity contribution is -0.174. The highest BCUT2D eigenvalue weighted by Gasteiger charge is 2.41. The average molecular weight is 333 g/mol. The molecule has 0 bridgehead atoms. The lowest BCUT2D eigenvalue weighted by atomic mass is 9.99. The summed E-state index contributed by atoms with van der Waals surface area (Å²) in [6.07, 6.45) is 2.94. The van der Waals surface area contributed by atoms with Crippen LogP contribution in [0.5, 0.6) is 0 Å². The Morgan fingerprint density at radius 1 is 1.25 bits per heavy atom. The Bertz CT molecular complexity index is 544. The summed E-state index contributed by atoms with van der Waals surface area (Å²) in [6, 6.07) is 9.79. The number of benzene rings is 1. The van der Waals surface area contributed by atoms with Crippen LogP contribution in [0.1, 0.15) is 45.6 Å². The second-order valence-electron chi connectivity index (χ2n) is 6.68. The summed E-state index contributed by atoms with van der Waals surface area (Å²) in [5.74, 6) is -0.165. The number of ether oxygens (including phenoxy) is 2. The SMILES string of the molecule is CC(C)C(CCCCc1ccccc1)OC(=O)NC1C(=O)OC1C. The Morgan fingerprint density at radius 3 is 2.54 bits per heavy atom. The average Bonchev–Trinajstić information content (AvgIpc) is 2.56. The van der Waals surface area contributed by atoms with Gasteiger partial charge in [0.2, 0.25) is 0 Å². The number of carbonyl (C=O) groups excluding carboxylic acids is 2. The van der Waals surface area contributed by atoms with Gasteiger partial charge in [-0.25, -0.2) is 9.59 Å². The number of hydrogen-bond acceptors (Lipinski definition) is 4. The van der Waals surface area contributed by atoms with Gasteiger partial charge in [-0.1, -0.05) is 44.2 Å². The van der Waals surface area contributed by atoms with E-state index in [1.807, 2.05) is 32.0 Å². The molecule has 5 nitrogen and oxygen atoms in total. The summed E-state index contributed by atoms with van der Waals surface area (Å²) in [5, 5.41) is 2.58. The number of carbonyl (C=O) groups is 2. The van der Waals surface area contributed by atoms with Crippen molar-refractivity contribution >= 4 is 12.1 Å². The van der Waals surface area contributed by atoms with Crippen LogP contribution in [0.3, 0.4) is 0 Å². The van der Waals surface area contributed by atoms with Crippen molar-refractivity contribution in [3.05, 3.63) is 35.9 Å². The third kappa shape index (κ3) is 5.25. The van der Waals surface area contributed by atoms with Gasteiger partial charge >= 0.3 is 12.1 Å². The number of hydrogen-bond donors (Lipinski definition) is 1. The van der Waals surface area contributed by atoms with E-state index in [1.165, 1.54) is 5.56 Å². The van der Waals surface area contributed by atoms with Crippen LogP contribution in [-0.2, 0) is 20.7 Å². The molecule has 0 radical (unpaired) electrons. The fraction of sp³-hybridized carbons (Fsp3) is 0.579. The Hall–Kier alpha value is -2.04. The van der Waals surface area contributed by atoms with E-state index in [0.29, 0.717) is 0 Å². The third-order valence-electron chi connectivity index (χ3n) is 4.35. The van der Waals surface area contributed by atoms with Gasteiger partial charge in [0.1, 0.15) is 12.2 Å². The van der Waals surface area contributed by atoms with Crippen LogP contribution in [0, 0.1) is 5.92 Å². The van der Waals surface area contributed by atoms with Crippen molar-refractivity contribution in [3.8, 4) is 0 Å². The zero-order chi connectivity index (χ0) is 17.5. The van der Waals surface area contributed by atoms with E-state index in [2.05, 4.69) is 17.4 Å². The number of aryl methyl sites for hydroxylation is 1. The van der Waals surface area contributed by atoms with Gasteiger partial charge in [-0.15, -0.1) is 0 Å². The second kappa shape index (κ2) is 8.71. The van der Waals surface area contributed by atoms with Crippen LogP contribution in [0.15, 0.2) is 30.3 Å². The van der Waals surface area contributed by atoms with Gasteiger partial charge in [-0.05, 0) is 44.1 Å². The van der Waals surface area contributed by atoms with E-state index in [4.69, 9.17) is 9.47 Å². The molecule has 3 atom stereocenters. The summed E-state index contributed by atoms with van der Waals surface area (Å²) in [4.78, 5) is 23.2. The monoisotopic (exact) mass is 333 g/mol.